The predicted molar refractivity (Wildman–Crippen MR) is 124 cm³/mol. The van der Waals surface area contributed by atoms with E-state index in [2.05, 4.69) is 26.0 Å². The first kappa shape index (κ1) is 20.7. The lowest BCUT2D eigenvalue weighted by molar-refractivity contribution is 0.0734. The molecule has 0 saturated carbocycles. The molecule has 31 heavy (non-hydrogen) atoms. The van der Waals surface area contributed by atoms with Crippen molar-refractivity contribution in [1.29, 1.82) is 0 Å². The summed E-state index contributed by atoms with van der Waals surface area (Å²) < 4.78 is 7.73. The van der Waals surface area contributed by atoms with E-state index in [0.717, 1.165) is 4.47 Å². The van der Waals surface area contributed by atoms with E-state index in [1.165, 1.54) is 10.9 Å². The van der Waals surface area contributed by atoms with E-state index in [1.54, 1.807) is 66.7 Å². The molecule has 0 amide bonds. The summed E-state index contributed by atoms with van der Waals surface area (Å²) in [6, 6.07) is 21.1. The second-order valence-electron chi connectivity index (χ2n) is 6.69. The molecule has 0 N–H and O–H groups in total. The highest BCUT2D eigenvalue weighted by molar-refractivity contribution is 9.10. The first-order chi connectivity index (χ1) is 15.1. The summed E-state index contributed by atoms with van der Waals surface area (Å²) in [4.78, 5) is 30.0. The van der Waals surface area contributed by atoms with E-state index < -0.39 is 5.97 Å². The quantitative estimate of drug-likeness (QED) is 0.235. The molecule has 0 aliphatic heterocycles. The molecular formula is C24H18BrN3O3. The molecule has 3 aromatic carbocycles. The average molecular weight is 476 g/mol. The molecular weight excluding hydrogens is 458 g/mol. The minimum atomic E-state index is -0.480. The number of hydrogen-bond acceptors (Lipinski definition) is 5. The number of ether oxygens (including phenoxy) is 1. The maximum absolute atomic E-state index is 12.9. The van der Waals surface area contributed by atoms with Gasteiger partial charge < -0.3 is 4.74 Å². The largest absolute Gasteiger partial charge is 0.422 e. The van der Waals surface area contributed by atoms with E-state index in [0.29, 0.717) is 40.0 Å². The van der Waals surface area contributed by atoms with Crippen LogP contribution in [0.4, 0.5) is 0 Å². The van der Waals surface area contributed by atoms with Crippen LogP contribution in [-0.4, -0.2) is 21.8 Å². The van der Waals surface area contributed by atoms with E-state index in [9.17, 15) is 9.59 Å². The average Bonchev–Trinajstić information content (AvgIpc) is 2.79. The molecule has 0 unspecified atom stereocenters. The molecule has 0 fully saturated rings. The molecule has 7 heteroatoms. The topological polar surface area (TPSA) is 73.6 Å². The van der Waals surface area contributed by atoms with Crippen LogP contribution in [0.2, 0.25) is 0 Å². The third kappa shape index (κ3) is 4.46. The fourth-order valence-corrected chi connectivity index (χ4v) is 3.33. The number of para-hydroxylation sites is 2. The van der Waals surface area contributed by atoms with Gasteiger partial charge in [0.05, 0.1) is 22.7 Å². The number of nitrogens with zero attached hydrogens (tertiary/aromatic N) is 3. The van der Waals surface area contributed by atoms with Crippen molar-refractivity contribution in [3.63, 3.8) is 0 Å². The van der Waals surface area contributed by atoms with Gasteiger partial charge >= 0.3 is 5.97 Å². The number of fused-ring (bicyclic) bond motifs is 1. The molecule has 4 aromatic rings. The Morgan fingerprint density at radius 1 is 1.06 bits per heavy atom. The van der Waals surface area contributed by atoms with Crippen molar-refractivity contribution in [2.75, 3.05) is 0 Å². The van der Waals surface area contributed by atoms with Gasteiger partial charge in [-0.3, -0.25) is 4.79 Å². The van der Waals surface area contributed by atoms with Crippen molar-refractivity contribution >= 4 is 39.0 Å². The Kier molecular flexibility index (Phi) is 6.04. The zero-order valence-corrected chi connectivity index (χ0v) is 18.2. The monoisotopic (exact) mass is 475 g/mol. The van der Waals surface area contributed by atoms with Crippen molar-refractivity contribution in [2.45, 2.75) is 13.3 Å². The number of carbonyl (C=O) groups is 1. The Hall–Kier alpha value is -3.58. The second-order valence-corrected chi connectivity index (χ2v) is 7.61. The predicted octanol–water partition coefficient (Wildman–Crippen LogP) is 4.82. The standard InChI is InChI=1S/C24H18BrN3O3/c1-2-22-27-20-9-5-4-8-19(20)23(29)28(22)26-15-17-7-3-6-10-21(17)31-24(30)16-11-13-18(25)14-12-16/h3-15H,2H2,1H3. The Balaban J connectivity index is 1.68. The number of esters is 1. The Morgan fingerprint density at radius 2 is 1.77 bits per heavy atom. The Bertz CT molecular complexity index is 1340. The van der Waals surface area contributed by atoms with Crippen molar-refractivity contribution in [2.24, 2.45) is 5.10 Å². The van der Waals surface area contributed by atoms with Gasteiger partial charge in [0.25, 0.3) is 5.56 Å². The van der Waals surface area contributed by atoms with E-state index in [-0.39, 0.29) is 5.56 Å². The zero-order valence-electron chi connectivity index (χ0n) is 16.7. The molecule has 0 spiro atoms. The normalized spacial score (nSPS) is 11.2. The number of aryl methyl sites for hydroxylation is 1. The van der Waals surface area contributed by atoms with Crippen LogP contribution in [0, 0.1) is 0 Å². The van der Waals surface area contributed by atoms with E-state index >= 15 is 0 Å². The van der Waals surface area contributed by atoms with E-state index in [4.69, 9.17) is 4.74 Å². The van der Waals surface area contributed by atoms with Crippen LogP contribution < -0.4 is 10.3 Å². The number of rotatable bonds is 5. The molecule has 0 saturated heterocycles. The van der Waals surface area contributed by atoms with Crippen LogP contribution in [0.15, 0.2) is 87.2 Å². The lowest BCUT2D eigenvalue weighted by Crippen LogP contribution is -2.22. The van der Waals surface area contributed by atoms with Gasteiger partial charge in [0.15, 0.2) is 0 Å². The molecule has 0 aliphatic carbocycles. The van der Waals surface area contributed by atoms with Crippen molar-refractivity contribution in [1.82, 2.24) is 9.66 Å². The summed E-state index contributed by atoms with van der Waals surface area (Å²) in [5, 5.41) is 4.86. The number of aromatic nitrogens is 2. The summed E-state index contributed by atoms with van der Waals surface area (Å²) in [6.07, 6.45) is 2.04. The lowest BCUT2D eigenvalue weighted by Gasteiger charge is -2.09. The van der Waals surface area contributed by atoms with Crippen LogP contribution >= 0.6 is 15.9 Å². The number of benzene rings is 3. The van der Waals surface area contributed by atoms with Gasteiger partial charge in [0, 0.05) is 16.5 Å². The lowest BCUT2D eigenvalue weighted by atomic mass is 10.2. The summed E-state index contributed by atoms with van der Waals surface area (Å²) in [5.41, 5.74) is 1.39. The van der Waals surface area contributed by atoms with Crippen LogP contribution in [0.25, 0.3) is 10.9 Å². The van der Waals surface area contributed by atoms with Gasteiger partial charge in [0.2, 0.25) is 0 Å². The van der Waals surface area contributed by atoms with Gasteiger partial charge in [-0.1, -0.05) is 47.1 Å². The molecule has 0 radical (unpaired) electrons. The molecule has 4 rings (SSSR count). The SMILES string of the molecule is CCc1nc2ccccc2c(=O)n1N=Cc1ccccc1OC(=O)c1ccc(Br)cc1. The maximum Gasteiger partial charge on any atom is 0.343 e. The number of halogens is 1. The van der Waals surface area contributed by atoms with Gasteiger partial charge in [-0.15, -0.1) is 0 Å². The fraction of sp³-hybridized carbons (Fsp3) is 0.0833. The van der Waals surface area contributed by atoms with Crippen molar-refractivity contribution in [3.8, 4) is 5.75 Å². The highest BCUT2D eigenvalue weighted by atomic mass is 79.9. The van der Waals surface area contributed by atoms with Gasteiger partial charge in [0.1, 0.15) is 11.6 Å². The van der Waals surface area contributed by atoms with Gasteiger partial charge in [-0.05, 0) is 48.5 Å². The second kappa shape index (κ2) is 9.06. The Labute approximate surface area is 187 Å². The number of carbonyl (C=O) groups excluding carboxylic acids is 1. The molecule has 0 aliphatic rings. The minimum Gasteiger partial charge on any atom is -0.422 e. The smallest absolute Gasteiger partial charge is 0.343 e. The third-order valence-electron chi connectivity index (χ3n) is 4.65. The molecule has 0 bridgehead atoms. The summed E-state index contributed by atoms with van der Waals surface area (Å²) in [6.45, 7) is 1.91. The molecule has 6 nitrogen and oxygen atoms in total. The zero-order chi connectivity index (χ0) is 21.8. The highest BCUT2D eigenvalue weighted by Crippen LogP contribution is 2.19. The van der Waals surface area contributed by atoms with Crippen molar-refractivity contribution < 1.29 is 9.53 Å². The summed E-state index contributed by atoms with van der Waals surface area (Å²) in [5.74, 6) is 0.412. The summed E-state index contributed by atoms with van der Waals surface area (Å²) >= 11 is 3.35. The van der Waals surface area contributed by atoms with Crippen LogP contribution in [0.5, 0.6) is 5.75 Å². The van der Waals surface area contributed by atoms with Crippen LogP contribution in [0.1, 0.15) is 28.7 Å². The first-order valence-electron chi connectivity index (χ1n) is 9.68. The van der Waals surface area contributed by atoms with Gasteiger partial charge in [-0.25, -0.2) is 9.78 Å². The van der Waals surface area contributed by atoms with E-state index in [1.807, 2.05) is 13.0 Å². The molecule has 1 heterocycles. The highest BCUT2D eigenvalue weighted by Gasteiger charge is 2.12. The minimum absolute atomic E-state index is 0.247. The van der Waals surface area contributed by atoms with Crippen LogP contribution in [0.3, 0.4) is 0 Å². The Morgan fingerprint density at radius 3 is 2.55 bits per heavy atom. The molecule has 1 aromatic heterocycles. The fourth-order valence-electron chi connectivity index (χ4n) is 3.06. The maximum atomic E-state index is 12.9. The van der Waals surface area contributed by atoms with Crippen LogP contribution in [-0.2, 0) is 6.42 Å². The number of hydrogen-bond donors (Lipinski definition) is 0. The molecule has 154 valence electrons. The van der Waals surface area contributed by atoms with Gasteiger partial charge in [-0.2, -0.15) is 9.78 Å². The molecule has 0 atom stereocenters. The third-order valence-corrected chi connectivity index (χ3v) is 5.18. The first-order valence-corrected chi connectivity index (χ1v) is 10.5. The summed E-state index contributed by atoms with van der Waals surface area (Å²) in [7, 11) is 0. The van der Waals surface area contributed by atoms with Crippen molar-refractivity contribution in [3.05, 3.63) is 105 Å².